The van der Waals surface area contributed by atoms with E-state index in [1.165, 1.54) is 0 Å². The maximum atomic E-state index is 12.8. The number of nitrogens with one attached hydrogen (secondary N) is 1. The molecule has 1 saturated carbocycles. The predicted molar refractivity (Wildman–Crippen MR) is 131 cm³/mol. The largest absolute Gasteiger partial charge is 0.461 e. The zero-order valence-corrected chi connectivity index (χ0v) is 20.6. The molecule has 0 radical (unpaired) electrons. The number of carbonyl (C=O) groups is 1. The second-order valence-electron chi connectivity index (χ2n) is 9.96. The fourth-order valence-corrected chi connectivity index (χ4v) is 4.69. The first-order valence-electron chi connectivity index (χ1n) is 11.8. The Morgan fingerprint density at radius 3 is 2.62 bits per heavy atom. The molecule has 2 aromatic heterocycles. The van der Waals surface area contributed by atoms with Crippen LogP contribution < -0.4 is 10.9 Å². The number of rotatable bonds is 7. The summed E-state index contributed by atoms with van der Waals surface area (Å²) in [5.41, 5.74) is 2.97. The average molecular weight is 467 g/mol. The number of aryl methyl sites for hydroxylation is 3. The van der Waals surface area contributed by atoms with E-state index in [1.54, 1.807) is 38.6 Å². The second-order valence-corrected chi connectivity index (χ2v) is 9.96. The van der Waals surface area contributed by atoms with Crippen LogP contribution in [0, 0.1) is 6.92 Å². The van der Waals surface area contributed by atoms with Crippen LogP contribution in [0.5, 0.6) is 0 Å². The third kappa shape index (κ3) is 4.93. The first-order chi connectivity index (χ1) is 16.0. The van der Waals surface area contributed by atoms with E-state index >= 15 is 0 Å². The summed E-state index contributed by atoms with van der Waals surface area (Å²) < 4.78 is 9.23. The van der Waals surface area contributed by atoms with Gasteiger partial charge in [-0.15, -0.1) is 0 Å². The van der Waals surface area contributed by atoms with Crippen LogP contribution in [0.15, 0.2) is 35.3 Å². The van der Waals surface area contributed by atoms with Gasteiger partial charge in [-0.1, -0.05) is 6.07 Å². The number of fused-ring (bicyclic) bond motifs is 1. The van der Waals surface area contributed by atoms with Crippen molar-refractivity contribution in [3.8, 4) is 11.4 Å². The number of benzene rings is 1. The van der Waals surface area contributed by atoms with E-state index in [-0.39, 0.29) is 11.7 Å². The first kappa shape index (κ1) is 24.2. The standard InChI is InChI=1S/C26H34N4O4/c1-16-12-18(15-29(4)24(16)31)23-28-20-13-17(10-11-21(20)30(23)5)14-27-22(26(2,3)33)25(32)34-19-8-6-7-9-19/h10-13,15,19,22,27,33H,6-9,14H2,1-5H3/t22-/m1/s1. The lowest BCUT2D eigenvalue weighted by Crippen LogP contribution is -2.53. The number of aliphatic hydroxyl groups is 1. The normalized spacial score (nSPS) is 15.7. The van der Waals surface area contributed by atoms with E-state index in [0.29, 0.717) is 12.1 Å². The van der Waals surface area contributed by atoms with Crippen LogP contribution in [-0.4, -0.2) is 42.9 Å². The van der Waals surface area contributed by atoms with Crippen molar-refractivity contribution < 1.29 is 14.6 Å². The highest BCUT2D eigenvalue weighted by molar-refractivity contribution is 5.81. The molecule has 1 aliphatic carbocycles. The number of pyridine rings is 1. The molecule has 1 fully saturated rings. The van der Waals surface area contributed by atoms with Crippen LogP contribution in [0.4, 0.5) is 0 Å². The first-order valence-corrected chi connectivity index (χ1v) is 11.8. The van der Waals surface area contributed by atoms with Gasteiger partial charge in [0.15, 0.2) is 0 Å². The fourth-order valence-electron chi connectivity index (χ4n) is 4.69. The summed E-state index contributed by atoms with van der Waals surface area (Å²) in [6.07, 6.45) is 5.66. The summed E-state index contributed by atoms with van der Waals surface area (Å²) >= 11 is 0. The van der Waals surface area contributed by atoms with Crippen molar-refractivity contribution in [2.24, 2.45) is 14.1 Å². The molecule has 8 heteroatoms. The predicted octanol–water partition coefficient (Wildman–Crippen LogP) is 2.96. The third-order valence-electron chi connectivity index (χ3n) is 6.60. The Morgan fingerprint density at radius 1 is 1.26 bits per heavy atom. The third-order valence-corrected chi connectivity index (χ3v) is 6.60. The van der Waals surface area contributed by atoms with Crippen LogP contribution in [0.3, 0.4) is 0 Å². The maximum absolute atomic E-state index is 12.8. The minimum Gasteiger partial charge on any atom is -0.461 e. The number of imidazole rings is 1. The summed E-state index contributed by atoms with van der Waals surface area (Å²) in [6.45, 7) is 5.41. The van der Waals surface area contributed by atoms with Gasteiger partial charge in [-0.3, -0.25) is 14.9 Å². The van der Waals surface area contributed by atoms with Crippen molar-refractivity contribution in [3.63, 3.8) is 0 Å². The van der Waals surface area contributed by atoms with Crippen molar-refractivity contribution in [2.45, 2.75) is 70.7 Å². The van der Waals surface area contributed by atoms with Crippen molar-refractivity contribution in [1.29, 1.82) is 0 Å². The van der Waals surface area contributed by atoms with Crippen molar-refractivity contribution in [3.05, 3.63) is 51.9 Å². The molecule has 0 unspecified atom stereocenters. The van der Waals surface area contributed by atoms with E-state index in [1.807, 2.05) is 35.9 Å². The SMILES string of the molecule is Cc1cc(-c2nc3cc(CN[C@H](C(=O)OC4CCCC4)C(C)(C)O)ccc3n2C)cn(C)c1=O. The van der Waals surface area contributed by atoms with Crippen molar-refractivity contribution >= 4 is 17.0 Å². The monoisotopic (exact) mass is 466 g/mol. The van der Waals surface area contributed by atoms with E-state index in [2.05, 4.69) is 5.32 Å². The molecule has 4 rings (SSSR count). The average Bonchev–Trinajstić information content (AvgIpc) is 3.38. The van der Waals surface area contributed by atoms with E-state index in [9.17, 15) is 14.7 Å². The molecule has 1 aliphatic rings. The van der Waals surface area contributed by atoms with Gasteiger partial charge in [0.2, 0.25) is 0 Å². The van der Waals surface area contributed by atoms with Crippen LogP contribution in [0.2, 0.25) is 0 Å². The van der Waals surface area contributed by atoms with Crippen molar-refractivity contribution in [1.82, 2.24) is 19.4 Å². The van der Waals surface area contributed by atoms with Gasteiger partial charge in [-0.2, -0.15) is 0 Å². The Morgan fingerprint density at radius 2 is 1.97 bits per heavy atom. The Balaban J connectivity index is 1.55. The number of aromatic nitrogens is 3. The zero-order valence-electron chi connectivity index (χ0n) is 20.6. The number of hydrogen-bond acceptors (Lipinski definition) is 6. The molecular weight excluding hydrogens is 432 g/mol. The van der Waals surface area contributed by atoms with Gasteiger partial charge < -0.3 is 19.0 Å². The molecule has 0 amide bonds. The molecule has 1 aromatic carbocycles. The van der Waals surface area contributed by atoms with Crippen molar-refractivity contribution in [2.75, 3.05) is 0 Å². The summed E-state index contributed by atoms with van der Waals surface area (Å²) in [5, 5.41) is 13.8. The summed E-state index contributed by atoms with van der Waals surface area (Å²) in [4.78, 5) is 29.7. The topological polar surface area (TPSA) is 98.4 Å². The molecule has 182 valence electrons. The Labute approximate surface area is 199 Å². The highest BCUT2D eigenvalue weighted by atomic mass is 16.5. The molecule has 2 N–H and O–H groups in total. The Kier molecular flexibility index (Phi) is 6.64. The quantitative estimate of drug-likeness (QED) is 0.520. The zero-order chi connectivity index (χ0) is 24.6. The number of ether oxygens (including phenoxy) is 1. The molecule has 0 spiro atoms. The van der Waals surface area contributed by atoms with Gasteiger partial charge in [0, 0.05) is 38.0 Å². The lowest BCUT2D eigenvalue weighted by atomic mass is 9.98. The minimum absolute atomic E-state index is 0.0244. The van der Waals surface area contributed by atoms with E-state index in [0.717, 1.165) is 53.7 Å². The van der Waals surface area contributed by atoms with Gasteiger partial charge in [-0.25, -0.2) is 4.98 Å². The molecule has 8 nitrogen and oxygen atoms in total. The minimum atomic E-state index is -1.26. The van der Waals surface area contributed by atoms with Gasteiger partial charge in [0.05, 0.1) is 16.6 Å². The van der Waals surface area contributed by atoms with Crippen LogP contribution in [0.25, 0.3) is 22.4 Å². The maximum Gasteiger partial charge on any atom is 0.326 e. The van der Waals surface area contributed by atoms with Gasteiger partial charge >= 0.3 is 5.97 Å². The Hall–Kier alpha value is -2.97. The number of esters is 1. The number of carbonyl (C=O) groups excluding carboxylic acids is 1. The molecule has 3 aromatic rings. The number of hydrogen-bond donors (Lipinski definition) is 2. The molecular formula is C26H34N4O4. The highest BCUT2D eigenvalue weighted by Crippen LogP contribution is 2.25. The van der Waals surface area contributed by atoms with Gasteiger partial charge in [-0.05, 0) is 70.2 Å². The molecule has 1 atom stereocenters. The lowest BCUT2D eigenvalue weighted by molar-refractivity contribution is -0.157. The second kappa shape index (κ2) is 9.35. The van der Waals surface area contributed by atoms with Gasteiger partial charge in [0.1, 0.15) is 18.0 Å². The highest BCUT2D eigenvalue weighted by Gasteiger charge is 2.36. The molecule has 0 bridgehead atoms. The molecule has 0 saturated heterocycles. The van der Waals surface area contributed by atoms with E-state index in [4.69, 9.17) is 9.72 Å². The Bertz CT molecular complexity index is 1240. The van der Waals surface area contributed by atoms with E-state index < -0.39 is 17.6 Å². The lowest BCUT2D eigenvalue weighted by Gasteiger charge is -2.29. The molecule has 0 aliphatic heterocycles. The number of nitrogens with zero attached hydrogens (tertiary/aromatic N) is 3. The van der Waals surface area contributed by atoms with Crippen LogP contribution >= 0.6 is 0 Å². The smallest absolute Gasteiger partial charge is 0.326 e. The summed E-state index contributed by atoms with van der Waals surface area (Å²) in [5.74, 6) is 0.360. The molecule has 34 heavy (non-hydrogen) atoms. The summed E-state index contributed by atoms with van der Waals surface area (Å²) in [7, 11) is 3.69. The van der Waals surface area contributed by atoms with Crippen LogP contribution in [-0.2, 0) is 30.2 Å². The fraction of sp³-hybridized carbons (Fsp3) is 0.500. The van der Waals surface area contributed by atoms with Gasteiger partial charge in [0.25, 0.3) is 5.56 Å². The summed E-state index contributed by atoms with van der Waals surface area (Å²) in [6, 6.07) is 6.97. The molecule has 2 heterocycles. The van der Waals surface area contributed by atoms with Crippen LogP contribution in [0.1, 0.15) is 50.7 Å².